The van der Waals surface area contributed by atoms with Crippen molar-refractivity contribution in [2.45, 2.75) is 19.9 Å². The second-order valence-electron chi connectivity index (χ2n) is 3.65. The van der Waals surface area contributed by atoms with Gasteiger partial charge in [0, 0.05) is 10.4 Å². The molecule has 0 radical (unpaired) electrons. The topological polar surface area (TPSA) is 25.2 Å². The number of nitrogens with one attached hydrogen (secondary N) is 1. The standard InChI is InChI=1S/C12H14ClNOS/c1-3-14-11(9-4-5-15-7-9)10-6-8(2)12(13)16-10/h4-7,11,14H,3H2,1-2H3. The third-order valence-corrected chi connectivity index (χ3v) is 4.07. The predicted octanol–water partition coefficient (Wildman–Crippen LogP) is 4.00. The Morgan fingerprint density at radius 2 is 2.38 bits per heavy atom. The van der Waals surface area contributed by atoms with Gasteiger partial charge in [0.15, 0.2) is 0 Å². The zero-order valence-electron chi connectivity index (χ0n) is 9.29. The van der Waals surface area contributed by atoms with Crippen LogP contribution in [-0.2, 0) is 0 Å². The maximum atomic E-state index is 6.10. The first-order chi connectivity index (χ1) is 7.72. The number of aryl methyl sites for hydroxylation is 1. The molecule has 4 heteroatoms. The Hall–Kier alpha value is -0.770. The van der Waals surface area contributed by atoms with E-state index in [1.165, 1.54) is 4.88 Å². The van der Waals surface area contributed by atoms with Gasteiger partial charge in [0.2, 0.25) is 0 Å². The van der Waals surface area contributed by atoms with Gasteiger partial charge in [-0.3, -0.25) is 0 Å². The summed E-state index contributed by atoms with van der Waals surface area (Å²) in [5.74, 6) is 0. The molecule has 2 nitrogen and oxygen atoms in total. The molecule has 0 aliphatic heterocycles. The van der Waals surface area contributed by atoms with E-state index in [4.69, 9.17) is 16.0 Å². The lowest BCUT2D eigenvalue weighted by Crippen LogP contribution is -2.20. The van der Waals surface area contributed by atoms with Crippen LogP contribution in [0.3, 0.4) is 0 Å². The van der Waals surface area contributed by atoms with Gasteiger partial charge in [-0.05, 0) is 31.2 Å². The van der Waals surface area contributed by atoms with E-state index in [0.29, 0.717) is 0 Å². The van der Waals surface area contributed by atoms with Gasteiger partial charge < -0.3 is 9.73 Å². The lowest BCUT2D eigenvalue weighted by molar-refractivity contribution is 0.554. The number of hydrogen-bond acceptors (Lipinski definition) is 3. The highest BCUT2D eigenvalue weighted by Crippen LogP contribution is 2.34. The minimum atomic E-state index is 0.181. The maximum absolute atomic E-state index is 6.10. The summed E-state index contributed by atoms with van der Waals surface area (Å²) in [6.07, 6.45) is 3.47. The normalized spacial score (nSPS) is 12.9. The average Bonchev–Trinajstić information content (AvgIpc) is 2.86. The van der Waals surface area contributed by atoms with Crippen LogP contribution in [0.25, 0.3) is 0 Å². The molecule has 2 aromatic rings. The molecule has 0 fully saturated rings. The highest BCUT2D eigenvalue weighted by molar-refractivity contribution is 7.16. The van der Waals surface area contributed by atoms with Crippen molar-refractivity contribution < 1.29 is 4.42 Å². The molecule has 0 saturated heterocycles. The molecule has 0 aliphatic rings. The van der Waals surface area contributed by atoms with Gasteiger partial charge in [0.25, 0.3) is 0 Å². The van der Waals surface area contributed by atoms with Crippen LogP contribution < -0.4 is 5.32 Å². The first-order valence-corrected chi connectivity index (χ1v) is 6.43. The zero-order chi connectivity index (χ0) is 11.5. The van der Waals surface area contributed by atoms with E-state index in [2.05, 4.69) is 18.3 Å². The Morgan fingerprint density at radius 1 is 1.56 bits per heavy atom. The fraction of sp³-hybridized carbons (Fsp3) is 0.333. The Bertz CT molecular complexity index is 430. The van der Waals surface area contributed by atoms with Crippen molar-refractivity contribution in [3.8, 4) is 0 Å². The second kappa shape index (κ2) is 5.04. The van der Waals surface area contributed by atoms with Crippen LogP contribution in [0.2, 0.25) is 4.34 Å². The molecule has 2 aromatic heterocycles. The molecular formula is C12H14ClNOS. The maximum Gasteiger partial charge on any atom is 0.0961 e. The molecular weight excluding hydrogens is 242 g/mol. The minimum absolute atomic E-state index is 0.181. The van der Waals surface area contributed by atoms with Gasteiger partial charge in [-0.1, -0.05) is 18.5 Å². The van der Waals surface area contributed by atoms with Crippen LogP contribution >= 0.6 is 22.9 Å². The number of hydrogen-bond donors (Lipinski definition) is 1. The van der Waals surface area contributed by atoms with E-state index < -0.39 is 0 Å². The van der Waals surface area contributed by atoms with Gasteiger partial charge in [-0.25, -0.2) is 0 Å². The van der Waals surface area contributed by atoms with Crippen LogP contribution in [0.1, 0.15) is 29.0 Å². The summed E-state index contributed by atoms with van der Waals surface area (Å²) in [6.45, 7) is 5.03. The molecule has 0 aromatic carbocycles. The number of halogens is 1. The summed E-state index contributed by atoms with van der Waals surface area (Å²) >= 11 is 7.72. The number of thiophene rings is 1. The SMILES string of the molecule is CCNC(c1ccoc1)c1cc(C)c(Cl)s1. The van der Waals surface area contributed by atoms with Gasteiger partial charge in [-0.15, -0.1) is 11.3 Å². The van der Waals surface area contributed by atoms with E-state index in [9.17, 15) is 0 Å². The van der Waals surface area contributed by atoms with Gasteiger partial charge in [0.05, 0.1) is 22.9 Å². The molecule has 0 aliphatic carbocycles. The molecule has 0 saturated carbocycles. The van der Waals surface area contributed by atoms with Crippen molar-refractivity contribution in [1.82, 2.24) is 5.32 Å². The molecule has 16 heavy (non-hydrogen) atoms. The van der Waals surface area contributed by atoms with E-state index in [1.807, 2.05) is 13.0 Å². The van der Waals surface area contributed by atoms with Crippen molar-refractivity contribution in [2.75, 3.05) is 6.54 Å². The highest BCUT2D eigenvalue weighted by atomic mass is 35.5. The number of furan rings is 1. The molecule has 2 rings (SSSR count). The first-order valence-electron chi connectivity index (χ1n) is 5.23. The summed E-state index contributed by atoms with van der Waals surface area (Å²) in [7, 11) is 0. The lowest BCUT2D eigenvalue weighted by Gasteiger charge is -2.14. The average molecular weight is 256 g/mol. The Kier molecular flexibility index (Phi) is 3.69. The summed E-state index contributed by atoms with van der Waals surface area (Å²) < 4.78 is 5.99. The molecule has 1 atom stereocenters. The summed E-state index contributed by atoms with van der Waals surface area (Å²) in [5.41, 5.74) is 2.27. The van der Waals surface area contributed by atoms with Crippen LogP contribution in [-0.4, -0.2) is 6.54 Å². The monoisotopic (exact) mass is 255 g/mol. The van der Waals surface area contributed by atoms with Crippen LogP contribution in [0.5, 0.6) is 0 Å². The van der Waals surface area contributed by atoms with Crippen LogP contribution in [0.4, 0.5) is 0 Å². The van der Waals surface area contributed by atoms with E-state index in [-0.39, 0.29) is 6.04 Å². The molecule has 0 bridgehead atoms. The van der Waals surface area contributed by atoms with E-state index >= 15 is 0 Å². The zero-order valence-corrected chi connectivity index (χ0v) is 10.9. The minimum Gasteiger partial charge on any atom is -0.472 e. The van der Waals surface area contributed by atoms with Gasteiger partial charge >= 0.3 is 0 Å². The van der Waals surface area contributed by atoms with Crippen LogP contribution in [0, 0.1) is 6.92 Å². The fourth-order valence-corrected chi connectivity index (χ4v) is 2.97. The molecule has 2 heterocycles. The summed E-state index contributed by atoms with van der Waals surface area (Å²) in [4.78, 5) is 1.23. The molecule has 86 valence electrons. The molecule has 0 amide bonds. The summed E-state index contributed by atoms with van der Waals surface area (Å²) in [6, 6.07) is 4.30. The van der Waals surface area contributed by atoms with Gasteiger partial charge in [0.1, 0.15) is 0 Å². The predicted molar refractivity (Wildman–Crippen MR) is 68.3 cm³/mol. The van der Waals surface area contributed by atoms with Crippen LogP contribution in [0.15, 0.2) is 29.1 Å². The van der Waals surface area contributed by atoms with E-state index in [1.54, 1.807) is 23.9 Å². The molecule has 1 N–H and O–H groups in total. The first kappa shape index (κ1) is 11.7. The quantitative estimate of drug-likeness (QED) is 0.893. The third-order valence-electron chi connectivity index (χ3n) is 2.45. The second-order valence-corrected chi connectivity index (χ2v) is 5.34. The van der Waals surface area contributed by atoms with Crippen molar-refractivity contribution in [3.63, 3.8) is 0 Å². The van der Waals surface area contributed by atoms with Crippen molar-refractivity contribution >= 4 is 22.9 Å². The van der Waals surface area contributed by atoms with Crippen molar-refractivity contribution in [1.29, 1.82) is 0 Å². The van der Waals surface area contributed by atoms with Crippen molar-refractivity contribution in [2.24, 2.45) is 0 Å². The molecule has 1 unspecified atom stereocenters. The lowest BCUT2D eigenvalue weighted by atomic mass is 10.1. The van der Waals surface area contributed by atoms with E-state index in [0.717, 1.165) is 22.0 Å². The summed E-state index contributed by atoms with van der Waals surface area (Å²) in [5, 5.41) is 3.43. The third kappa shape index (κ3) is 2.32. The highest BCUT2D eigenvalue weighted by Gasteiger charge is 2.17. The Morgan fingerprint density at radius 3 is 2.88 bits per heavy atom. The largest absolute Gasteiger partial charge is 0.472 e. The smallest absolute Gasteiger partial charge is 0.0961 e. The Balaban J connectivity index is 2.32. The Labute approximate surface area is 104 Å². The number of rotatable bonds is 4. The van der Waals surface area contributed by atoms with Crippen molar-refractivity contribution in [3.05, 3.63) is 45.0 Å². The van der Waals surface area contributed by atoms with Gasteiger partial charge in [-0.2, -0.15) is 0 Å². The molecule has 0 spiro atoms. The fourth-order valence-electron chi connectivity index (χ4n) is 1.65.